The number of benzene rings is 1. The first kappa shape index (κ1) is 17.8. The van der Waals surface area contributed by atoms with Crippen LogP contribution in [0.4, 0.5) is 0 Å². The summed E-state index contributed by atoms with van der Waals surface area (Å²) in [4.78, 5) is 11.7. The zero-order valence-corrected chi connectivity index (χ0v) is 12.2. The summed E-state index contributed by atoms with van der Waals surface area (Å²) in [6.45, 7) is 5.38. The maximum atomic E-state index is 11.6. The molecule has 1 amide bonds. The van der Waals surface area contributed by atoms with Crippen molar-refractivity contribution >= 4 is 17.0 Å². The van der Waals surface area contributed by atoms with Gasteiger partial charge in [-0.15, -0.1) is 0 Å². The van der Waals surface area contributed by atoms with Gasteiger partial charge in [0.1, 0.15) is 0 Å². The van der Waals surface area contributed by atoms with Crippen LogP contribution in [0.2, 0.25) is 0 Å². The zero-order chi connectivity index (χ0) is 14.7. The Morgan fingerprint density at radius 3 is 2.37 bits per heavy atom. The minimum absolute atomic E-state index is 0.145. The molecule has 0 bridgehead atoms. The van der Waals surface area contributed by atoms with Crippen LogP contribution in [0.1, 0.15) is 37.0 Å². The predicted molar refractivity (Wildman–Crippen MR) is 77.4 cm³/mol. The van der Waals surface area contributed by atoms with Gasteiger partial charge in [0.25, 0.3) is 5.91 Å². The Labute approximate surface area is 116 Å². The van der Waals surface area contributed by atoms with Gasteiger partial charge in [0.2, 0.25) is 0 Å². The fourth-order valence-corrected chi connectivity index (χ4v) is 1.68. The average molecular weight is 286 g/mol. The second-order valence-electron chi connectivity index (χ2n) is 3.79. The predicted octanol–water partition coefficient (Wildman–Crippen LogP) is 1.76. The van der Waals surface area contributed by atoms with Crippen molar-refractivity contribution in [3.63, 3.8) is 0 Å². The molecule has 0 saturated carbocycles. The van der Waals surface area contributed by atoms with E-state index < -0.39 is 11.1 Å². The molecule has 1 atom stereocenters. The number of rotatable bonds is 5. The van der Waals surface area contributed by atoms with Gasteiger partial charge < -0.3 is 15.6 Å². The first-order chi connectivity index (χ1) is 9.08. The Kier molecular flexibility index (Phi) is 9.97. The largest absolute Gasteiger partial charge is 0.352 e. The Hall–Kier alpha value is -1.24. The zero-order valence-electron chi connectivity index (χ0n) is 11.4. The van der Waals surface area contributed by atoms with Gasteiger partial charge in [-0.1, -0.05) is 26.0 Å². The van der Waals surface area contributed by atoms with Crippen LogP contribution in [-0.4, -0.2) is 27.8 Å². The van der Waals surface area contributed by atoms with Gasteiger partial charge in [-0.3, -0.25) is 4.79 Å². The summed E-state index contributed by atoms with van der Waals surface area (Å²) in [6.07, 6.45) is 1.93. The SMILES string of the molecule is CCCN.CCCNC(=O)c1ccccc1S(=O)O. The highest BCUT2D eigenvalue weighted by Gasteiger charge is 2.13. The van der Waals surface area contributed by atoms with E-state index in [-0.39, 0.29) is 16.4 Å². The van der Waals surface area contributed by atoms with E-state index in [1.54, 1.807) is 12.1 Å². The fourth-order valence-electron chi connectivity index (χ4n) is 1.14. The van der Waals surface area contributed by atoms with Crippen LogP contribution in [0.5, 0.6) is 0 Å². The topological polar surface area (TPSA) is 92.4 Å². The number of carbonyl (C=O) groups is 1. The summed E-state index contributed by atoms with van der Waals surface area (Å²) in [5, 5.41) is 2.66. The van der Waals surface area contributed by atoms with Crippen LogP contribution < -0.4 is 11.1 Å². The second-order valence-corrected chi connectivity index (χ2v) is 4.73. The third-order valence-electron chi connectivity index (χ3n) is 2.14. The van der Waals surface area contributed by atoms with E-state index in [1.807, 2.05) is 6.92 Å². The van der Waals surface area contributed by atoms with Crippen molar-refractivity contribution in [1.29, 1.82) is 0 Å². The highest BCUT2D eigenvalue weighted by molar-refractivity contribution is 7.79. The van der Waals surface area contributed by atoms with Gasteiger partial charge in [0, 0.05) is 6.54 Å². The molecule has 0 aliphatic carbocycles. The van der Waals surface area contributed by atoms with E-state index in [2.05, 4.69) is 12.2 Å². The van der Waals surface area contributed by atoms with E-state index in [4.69, 9.17) is 10.3 Å². The molecular formula is C13H22N2O3S. The van der Waals surface area contributed by atoms with Crippen LogP contribution in [0.25, 0.3) is 0 Å². The third kappa shape index (κ3) is 7.05. The highest BCUT2D eigenvalue weighted by atomic mass is 32.2. The van der Waals surface area contributed by atoms with Crippen molar-refractivity contribution in [2.24, 2.45) is 5.73 Å². The molecule has 0 aliphatic heterocycles. The summed E-state index contributed by atoms with van der Waals surface area (Å²) in [5.74, 6) is -0.310. The van der Waals surface area contributed by atoms with Crippen LogP contribution in [-0.2, 0) is 11.1 Å². The molecule has 108 valence electrons. The number of hydrogen-bond acceptors (Lipinski definition) is 3. The molecule has 19 heavy (non-hydrogen) atoms. The summed E-state index contributed by atoms with van der Waals surface area (Å²) in [6, 6.07) is 6.29. The molecule has 0 saturated heterocycles. The first-order valence-corrected chi connectivity index (χ1v) is 7.37. The molecule has 0 radical (unpaired) electrons. The number of nitrogens with one attached hydrogen (secondary N) is 1. The molecule has 0 aromatic heterocycles. The van der Waals surface area contributed by atoms with Crippen LogP contribution in [0.3, 0.4) is 0 Å². The monoisotopic (exact) mass is 286 g/mol. The van der Waals surface area contributed by atoms with Crippen LogP contribution >= 0.6 is 0 Å². The summed E-state index contributed by atoms with van der Waals surface area (Å²) < 4.78 is 19.9. The molecule has 5 nitrogen and oxygen atoms in total. The molecule has 0 spiro atoms. The van der Waals surface area contributed by atoms with E-state index in [0.717, 1.165) is 19.4 Å². The third-order valence-corrected chi connectivity index (χ3v) is 2.88. The Morgan fingerprint density at radius 2 is 1.89 bits per heavy atom. The highest BCUT2D eigenvalue weighted by Crippen LogP contribution is 2.11. The quantitative estimate of drug-likeness (QED) is 0.719. The smallest absolute Gasteiger partial charge is 0.252 e. The van der Waals surface area contributed by atoms with Gasteiger partial charge in [0.05, 0.1) is 10.5 Å². The molecule has 0 fully saturated rings. The lowest BCUT2D eigenvalue weighted by atomic mass is 10.2. The maximum absolute atomic E-state index is 11.6. The second kappa shape index (κ2) is 10.7. The number of hydrogen-bond donors (Lipinski definition) is 3. The minimum Gasteiger partial charge on any atom is -0.352 e. The number of nitrogens with two attached hydrogens (primary N) is 1. The van der Waals surface area contributed by atoms with E-state index in [0.29, 0.717) is 6.54 Å². The maximum Gasteiger partial charge on any atom is 0.252 e. The Bertz CT molecular complexity index is 409. The summed E-state index contributed by atoms with van der Waals surface area (Å²) >= 11 is -2.13. The Morgan fingerprint density at radius 1 is 1.32 bits per heavy atom. The molecule has 6 heteroatoms. The number of carbonyl (C=O) groups excluding carboxylic acids is 1. The standard InChI is InChI=1S/C10H13NO3S.C3H9N/c1-2-7-11-10(12)8-5-3-4-6-9(8)15(13)14;1-2-3-4/h3-6H,2,7H2,1H3,(H,11,12)(H,13,14);2-4H2,1H3. The van der Waals surface area contributed by atoms with E-state index >= 15 is 0 Å². The van der Waals surface area contributed by atoms with Crippen molar-refractivity contribution in [2.75, 3.05) is 13.1 Å². The Balaban J connectivity index is 0.000000711. The minimum atomic E-state index is -2.13. The lowest BCUT2D eigenvalue weighted by Crippen LogP contribution is -2.25. The van der Waals surface area contributed by atoms with Gasteiger partial charge >= 0.3 is 0 Å². The van der Waals surface area contributed by atoms with E-state index in [1.165, 1.54) is 12.1 Å². The lowest BCUT2D eigenvalue weighted by Gasteiger charge is -2.06. The van der Waals surface area contributed by atoms with Crippen molar-refractivity contribution in [2.45, 2.75) is 31.6 Å². The van der Waals surface area contributed by atoms with Crippen LogP contribution in [0, 0.1) is 0 Å². The van der Waals surface area contributed by atoms with Gasteiger partial charge in [-0.2, -0.15) is 0 Å². The number of amides is 1. The van der Waals surface area contributed by atoms with Gasteiger partial charge in [-0.05, 0) is 31.5 Å². The van der Waals surface area contributed by atoms with Crippen LogP contribution in [0.15, 0.2) is 29.2 Å². The van der Waals surface area contributed by atoms with Gasteiger partial charge in [-0.25, -0.2) is 4.21 Å². The summed E-state index contributed by atoms with van der Waals surface area (Å²) in [7, 11) is 0. The van der Waals surface area contributed by atoms with E-state index in [9.17, 15) is 9.00 Å². The summed E-state index contributed by atoms with van der Waals surface area (Å²) in [5.41, 5.74) is 5.28. The van der Waals surface area contributed by atoms with Crippen molar-refractivity contribution < 1.29 is 13.6 Å². The molecule has 0 aliphatic rings. The molecule has 1 rings (SSSR count). The van der Waals surface area contributed by atoms with Crippen molar-refractivity contribution in [3.8, 4) is 0 Å². The molecule has 4 N–H and O–H groups in total. The molecule has 0 heterocycles. The van der Waals surface area contributed by atoms with Gasteiger partial charge in [0.15, 0.2) is 11.1 Å². The molecular weight excluding hydrogens is 264 g/mol. The fraction of sp³-hybridized carbons (Fsp3) is 0.462. The molecule has 1 unspecified atom stereocenters. The molecule has 1 aromatic carbocycles. The normalized spacial score (nSPS) is 11.2. The average Bonchev–Trinajstić information content (AvgIpc) is 2.44. The first-order valence-electron chi connectivity index (χ1n) is 6.26. The van der Waals surface area contributed by atoms with Crippen molar-refractivity contribution in [1.82, 2.24) is 5.32 Å². The lowest BCUT2D eigenvalue weighted by molar-refractivity contribution is 0.0950. The molecule has 1 aromatic rings. The van der Waals surface area contributed by atoms with Crippen molar-refractivity contribution in [3.05, 3.63) is 29.8 Å².